The Labute approximate surface area is 137 Å². The second-order valence-electron chi connectivity index (χ2n) is 4.51. The average Bonchev–Trinajstić information content (AvgIpc) is 2.46. The largest absolute Gasteiger partial charge is 0.301 e. The topological polar surface area (TPSA) is 45.8 Å². The van der Waals surface area contributed by atoms with Crippen LogP contribution in [0.1, 0.15) is 24.6 Å². The third kappa shape index (κ3) is 5.77. The Hall–Kier alpha value is -0.910. The standard InChI is InChI=1S/C15H17ClN2OS2/c1-2-7-20-10-13-8-14(19)18-15(17-13)21-9-11-3-5-12(16)6-4-11/h3-6,8H,2,7,9-10H2,1H3,(H,17,18,19). The van der Waals surface area contributed by atoms with E-state index in [1.165, 1.54) is 11.8 Å². The Balaban J connectivity index is 1.99. The van der Waals surface area contributed by atoms with E-state index in [0.717, 1.165) is 40.0 Å². The van der Waals surface area contributed by atoms with E-state index in [-0.39, 0.29) is 5.56 Å². The number of aromatic nitrogens is 2. The van der Waals surface area contributed by atoms with Gasteiger partial charge < -0.3 is 4.98 Å². The summed E-state index contributed by atoms with van der Waals surface area (Å²) in [4.78, 5) is 18.9. The molecule has 0 aliphatic rings. The van der Waals surface area contributed by atoms with E-state index < -0.39 is 0 Å². The van der Waals surface area contributed by atoms with E-state index in [0.29, 0.717) is 5.16 Å². The van der Waals surface area contributed by atoms with Crippen LogP contribution in [-0.4, -0.2) is 15.7 Å². The highest BCUT2D eigenvalue weighted by Gasteiger charge is 2.03. The van der Waals surface area contributed by atoms with Crippen LogP contribution in [-0.2, 0) is 11.5 Å². The second-order valence-corrected chi connectivity index (χ2v) is 7.02. The summed E-state index contributed by atoms with van der Waals surface area (Å²) in [7, 11) is 0. The number of benzene rings is 1. The number of H-pyrrole nitrogens is 1. The van der Waals surface area contributed by atoms with Crippen LogP contribution in [0, 0.1) is 0 Å². The summed E-state index contributed by atoms with van der Waals surface area (Å²) >= 11 is 9.19. The van der Waals surface area contributed by atoms with Crippen molar-refractivity contribution in [2.75, 3.05) is 5.75 Å². The summed E-state index contributed by atoms with van der Waals surface area (Å²) < 4.78 is 0. The number of rotatable bonds is 7. The molecule has 0 amide bonds. The summed E-state index contributed by atoms with van der Waals surface area (Å²) in [5.41, 5.74) is 1.91. The van der Waals surface area contributed by atoms with Gasteiger partial charge in [-0.05, 0) is 29.9 Å². The Kier molecular flexibility index (Phi) is 6.67. The smallest absolute Gasteiger partial charge is 0.251 e. The van der Waals surface area contributed by atoms with E-state index in [2.05, 4.69) is 16.9 Å². The lowest BCUT2D eigenvalue weighted by Gasteiger charge is -2.04. The number of nitrogens with one attached hydrogen (secondary N) is 1. The predicted molar refractivity (Wildman–Crippen MR) is 92.3 cm³/mol. The van der Waals surface area contributed by atoms with Gasteiger partial charge in [0.05, 0.1) is 5.69 Å². The number of thioether (sulfide) groups is 2. The summed E-state index contributed by atoms with van der Waals surface area (Å²) in [6.45, 7) is 2.14. The van der Waals surface area contributed by atoms with Crippen molar-refractivity contribution in [1.82, 2.24) is 9.97 Å². The Morgan fingerprint density at radius 2 is 2.00 bits per heavy atom. The zero-order valence-corrected chi connectivity index (χ0v) is 14.2. The van der Waals surface area contributed by atoms with E-state index in [1.807, 2.05) is 24.3 Å². The van der Waals surface area contributed by atoms with Crippen LogP contribution in [0.5, 0.6) is 0 Å². The van der Waals surface area contributed by atoms with Gasteiger partial charge in [-0.15, -0.1) is 0 Å². The number of aromatic amines is 1. The quantitative estimate of drug-likeness (QED) is 0.462. The van der Waals surface area contributed by atoms with Crippen LogP contribution in [0.4, 0.5) is 0 Å². The molecule has 1 N–H and O–H groups in total. The molecule has 0 spiro atoms. The van der Waals surface area contributed by atoms with Gasteiger partial charge in [-0.2, -0.15) is 11.8 Å². The highest BCUT2D eigenvalue weighted by molar-refractivity contribution is 7.98. The summed E-state index contributed by atoms with van der Waals surface area (Å²) in [5, 5.41) is 1.40. The first-order chi connectivity index (χ1) is 10.2. The molecule has 0 bridgehead atoms. The molecule has 6 heteroatoms. The van der Waals surface area contributed by atoms with Gasteiger partial charge >= 0.3 is 0 Å². The normalized spacial score (nSPS) is 10.8. The van der Waals surface area contributed by atoms with E-state index >= 15 is 0 Å². The van der Waals surface area contributed by atoms with E-state index in [9.17, 15) is 4.79 Å². The fraction of sp³-hybridized carbons (Fsp3) is 0.333. The fourth-order valence-corrected chi connectivity index (χ4v) is 3.45. The minimum Gasteiger partial charge on any atom is -0.301 e. The number of hydrogen-bond donors (Lipinski definition) is 1. The third-order valence-corrected chi connectivity index (χ3v) is 5.05. The van der Waals surface area contributed by atoms with Gasteiger partial charge in [0.2, 0.25) is 0 Å². The van der Waals surface area contributed by atoms with Gasteiger partial charge in [0.15, 0.2) is 5.16 Å². The molecule has 1 aromatic carbocycles. The lowest BCUT2D eigenvalue weighted by Crippen LogP contribution is -2.09. The molecule has 0 fully saturated rings. The lowest BCUT2D eigenvalue weighted by molar-refractivity contribution is 0.899. The molecule has 2 rings (SSSR count). The van der Waals surface area contributed by atoms with Gasteiger partial charge in [-0.3, -0.25) is 4.79 Å². The van der Waals surface area contributed by atoms with Crippen molar-refractivity contribution < 1.29 is 0 Å². The molecule has 0 aliphatic carbocycles. The fourth-order valence-electron chi connectivity index (χ4n) is 1.68. The Morgan fingerprint density at radius 1 is 1.24 bits per heavy atom. The molecule has 1 heterocycles. The van der Waals surface area contributed by atoms with Gasteiger partial charge in [-0.25, -0.2) is 4.98 Å². The first-order valence-corrected chi connectivity index (χ1v) is 9.24. The van der Waals surface area contributed by atoms with Crippen molar-refractivity contribution in [1.29, 1.82) is 0 Å². The zero-order valence-electron chi connectivity index (χ0n) is 11.8. The molecule has 112 valence electrons. The van der Waals surface area contributed by atoms with Crippen molar-refractivity contribution in [2.45, 2.75) is 30.0 Å². The van der Waals surface area contributed by atoms with Crippen LogP contribution in [0.15, 0.2) is 40.3 Å². The second kappa shape index (κ2) is 8.51. The molecule has 0 aliphatic heterocycles. The van der Waals surface area contributed by atoms with Crippen molar-refractivity contribution in [2.24, 2.45) is 0 Å². The lowest BCUT2D eigenvalue weighted by atomic mass is 10.2. The Bertz CT molecular complexity index is 628. The average molecular weight is 341 g/mol. The van der Waals surface area contributed by atoms with Crippen LogP contribution in [0.3, 0.4) is 0 Å². The number of nitrogens with zero attached hydrogens (tertiary/aromatic N) is 1. The zero-order chi connectivity index (χ0) is 15.1. The minimum absolute atomic E-state index is 0.0873. The SMILES string of the molecule is CCCSCc1cc(=O)[nH]c(SCc2ccc(Cl)cc2)n1. The molecule has 3 nitrogen and oxygen atoms in total. The minimum atomic E-state index is -0.0873. The van der Waals surface area contributed by atoms with E-state index in [1.54, 1.807) is 17.8 Å². The van der Waals surface area contributed by atoms with Crippen LogP contribution in [0.25, 0.3) is 0 Å². The maximum atomic E-state index is 11.7. The molecule has 0 saturated carbocycles. The summed E-state index contributed by atoms with van der Waals surface area (Å²) in [5.74, 6) is 2.62. The molecule has 21 heavy (non-hydrogen) atoms. The van der Waals surface area contributed by atoms with E-state index in [4.69, 9.17) is 11.6 Å². The first kappa shape index (κ1) is 16.5. The number of hydrogen-bond acceptors (Lipinski definition) is 4. The predicted octanol–water partition coefficient (Wildman–Crippen LogP) is 4.36. The highest BCUT2D eigenvalue weighted by atomic mass is 35.5. The highest BCUT2D eigenvalue weighted by Crippen LogP contribution is 2.20. The van der Waals surface area contributed by atoms with Gasteiger partial charge in [0.25, 0.3) is 5.56 Å². The monoisotopic (exact) mass is 340 g/mol. The third-order valence-electron chi connectivity index (χ3n) is 2.66. The molecular formula is C15H17ClN2OS2. The van der Waals surface area contributed by atoms with Gasteiger partial charge in [0, 0.05) is 22.6 Å². The van der Waals surface area contributed by atoms with Crippen LogP contribution < -0.4 is 5.56 Å². The molecule has 0 saturated heterocycles. The van der Waals surface area contributed by atoms with Crippen LogP contribution >= 0.6 is 35.1 Å². The molecule has 2 aromatic rings. The van der Waals surface area contributed by atoms with Gasteiger partial charge in [0.1, 0.15) is 0 Å². The van der Waals surface area contributed by atoms with Gasteiger partial charge in [-0.1, -0.05) is 42.4 Å². The van der Waals surface area contributed by atoms with Crippen molar-refractivity contribution in [3.05, 3.63) is 57.0 Å². The molecular weight excluding hydrogens is 324 g/mol. The van der Waals surface area contributed by atoms with Crippen molar-refractivity contribution in [3.8, 4) is 0 Å². The Morgan fingerprint density at radius 3 is 2.71 bits per heavy atom. The summed E-state index contributed by atoms with van der Waals surface area (Å²) in [6, 6.07) is 9.27. The molecule has 1 aromatic heterocycles. The van der Waals surface area contributed by atoms with Crippen LogP contribution in [0.2, 0.25) is 5.02 Å². The van der Waals surface area contributed by atoms with Crippen molar-refractivity contribution in [3.63, 3.8) is 0 Å². The molecule has 0 unspecified atom stereocenters. The summed E-state index contributed by atoms with van der Waals surface area (Å²) in [6.07, 6.45) is 1.13. The first-order valence-electron chi connectivity index (χ1n) is 6.72. The maximum Gasteiger partial charge on any atom is 0.251 e. The number of halogens is 1. The maximum absolute atomic E-state index is 11.7. The molecule has 0 radical (unpaired) electrons. The van der Waals surface area contributed by atoms with Crippen molar-refractivity contribution >= 4 is 35.1 Å². The molecule has 0 atom stereocenters.